The summed E-state index contributed by atoms with van der Waals surface area (Å²) in [4.78, 5) is 14.5. The molecule has 1 aromatic rings. The molecule has 0 aliphatic carbocycles. The van der Waals surface area contributed by atoms with Gasteiger partial charge in [-0.3, -0.25) is 4.79 Å². The van der Waals surface area contributed by atoms with Crippen LogP contribution in [0, 0.1) is 12.8 Å². The zero-order chi connectivity index (χ0) is 13.8. The highest BCUT2D eigenvalue weighted by molar-refractivity contribution is 5.85. The number of halogens is 1. The molecule has 1 aliphatic heterocycles. The van der Waals surface area contributed by atoms with E-state index in [2.05, 4.69) is 31.2 Å². The van der Waals surface area contributed by atoms with Gasteiger partial charge in [-0.05, 0) is 31.7 Å². The predicted molar refractivity (Wildman–Crippen MR) is 85.0 cm³/mol. The molecule has 0 spiro atoms. The van der Waals surface area contributed by atoms with E-state index in [4.69, 9.17) is 5.73 Å². The van der Waals surface area contributed by atoms with Crippen molar-refractivity contribution < 1.29 is 4.79 Å². The molecule has 112 valence electrons. The molecule has 1 heterocycles. The maximum absolute atomic E-state index is 12.4. The van der Waals surface area contributed by atoms with Crippen LogP contribution in [0.5, 0.6) is 0 Å². The van der Waals surface area contributed by atoms with Crippen molar-refractivity contribution in [1.29, 1.82) is 0 Å². The van der Waals surface area contributed by atoms with Crippen molar-refractivity contribution in [2.45, 2.75) is 39.2 Å². The summed E-state index contributed by atoms with van der Waals surface area (Å²) in [5.74, 6) is 0.124. The van der Waals surface area contributed by atoms with Gasteiger partial charge in [0.05, 0.1) is 6.04 Å². The minimum absolute atomic E-state index is 0. The Morgan fingerprint density at radius 1 is 1.35 bits per heavy atom. The first kappa shape index (κ1) is 17.0. The number of carbonyl (C=O) groups excluding carboxylic acids is 1. The lowest BCUT2D eigenvalue weighted by molar-refractivity contribution is -0.138. The normalized spacial score (nSPS) is 20.1. The fourth-order valence-electron chi connectivity index (χ4n) is 2.71. The van der Waals surface area contributed by atoms with Crippen LogP contribution in [0.1, 0.15) is 43.4 Å². The number of amides is 1. The molecule has 2 rings (SSSR count). The Balaban J connectivity index is 0.00000200. The third-order valence-electron chi connectivity index (χ3n) is 4.02. The van der Waals surface area contributed by atoms with Crippen molar-refractivity contribution in [3.8, 4) is 0 Å². The van der Waals surface area contributed by atoms with Gasteiger partial charge in [-0.1, -0.05) is 36.8 Å². The molecule has 4 heteroatoms. The Kier molecular flexibility index (Phi) is 6.50. The quantitative estimate of drug-likeness (QED) is 0.932. The summed E-state index contributed by atoms with van der Waals surface area (Å²) in [5, 5.41) is 0. The summed E-state index contributed by atoms with van der Waals surface area (Å²) < 4.78 is 0. The fraction of sp³-hybridized carbons (Fsp3) is 0.562. The number of hydrogen-bond acceptors (Lipinski definition) is 2. The van der Waals surface area contributed by atoms with Crippen LogP contribution in [-0.4, -0.2) is 23.9 Å². The number of hydrogen-bond donors (Lipinski definition) is 1. The fourth-order valence-corrected chi connectivity index (χ4v) is 2.71. The van der Waals surface area contributed by atoms with Crippen LogP contribution in [0.15, 0.2) is 24.3 Å². The van der Waals surface area contributed by atoms with Crippen molar-refractivity contribution >= 4 is 18.3 Å². The second-order valence-corrected chi connectivity index (χ2v) is 5.59. The van der Waals surface area contributed by atoms with Gasteiger partial charge < -0.3 is 10.6 Å². The van der Waals surface area contributed by atoms with E-state index in [1.54, 1.807) is 0 Å². The van der Waals surface area contributed by atoms with E-state index in [1.165, 1.54) is 17.5 Å². The summed E-state index contributed by atoms with van der Waals surface area (Å²) >= 11 is 0. The maximum atomic E-state index is 12.4. The van der Waals surface area contributed by atoms with Gasteiger partial charge in [0.15, 0.2) is 0 Å². The van der Waals surface area contributed by atoms with Crippen LogP contribution in [0.2, 0.25) is 0 Å². The van der Waals surface area contributed by atoms with E-state index in [0.717, 1.165) is 19.4 Å². The lowest BCUT2D eigenvalue weighted by Gasteiger charge is -2.37. The van der Waals surface area contributed by atoms with Crippen LogP contribution >= 0.6 is 12.4 Å². The molecule has 0 aromatic heterocycles. The van der Waals surface area contributed by atoms with Crippen LogP contribution in [-0.2, 0) is 4.79 Å². The molecule has 20 heavy (non-hydrogen) atoms. The van der Waals surface area contributed by atoms with E-state index in [9.17, 15) is 4.79 Å². The highest BCUT2D eigenvalue weighted by Crippen LogP contribution is 2.32. The van der Waals surface area contributed by atoms with Crippen LogP contribution in [0.4, 0.5) is 0 Å². The number of nitrogens with zero attached hydrogens (tertiary/aromatic N) is 1. The second kappa shape index (κ2) is 7.65. The Morgan fingerprint density at radius 3 is 2.60 bits per heavy atom. The van der Waals surface area contributed by atoms with E-state index >= 15 is 0 Å². The number of rotatable bonds is 3. The number of carbonyl (C=O) groups is 1. The predicted octanol–water partition coefficient (Wildman–Crippen LogP) is 3.07. The maximum Gasteiger partial charge on any atom is 0.227 e. The molecule has 1 fully saturated rings. The zero-order valence-corrected chi connectivity index (χ0v) is 13.2. The van der Waals surface area contributed by atoms with E-state index in [-0.39, 0.29) is 30.3 Å². The average molecular weight is 297 g/mol. The molecule has 2 unspecified atom stereocenters. The van der Waals surface area contributed by atoms with E-state index < -0.39 is 0 Å². The smallest absolute Gasteiger partial charge is 0.227 e. The van der Waals surface area contributed by atoms with Gasteiger partial charge in [0.2, 0.25) is 5.91 Å². The number of piperidine rings is 1. The molecule has 0 saturated carbocycles. The van der Waals surface area contributed by atoms with Crippen molar-refractivity contribution in [2.75, 3.05) is 13.1 Å². The summed E-state index contributed by atoms with van der Waals surface area (Å²) in [6, 6.07) is 8.78. The van der Waals surface area contributed by atoms with E-state index in [1.807, 2.05) is 11.8 Å². The molecule has 0 radical (unpaired) electrons. The Bertz CT molecular complexity index is 433. The van der Waals surface area contributed by atoms with Gasteiger partial charge in [0.25, 0.3) is 0 Å². The number of benzene rings is 1. The highest BCUT2D eigenvalue weighted by Gasteiger charge is 2.29. The molecule has 2 N–H and O–H groups in total. The third kappa shape index (κ3) is 3.74. The van der Waals surface area contributed by atoms with Crippen molar-refractivity contribution in [1.82, 2.24) is 4.90 Å². The van der Waals surface area contributed by atoms with Gasteiger partial charge in [0.1, 0.15) is 0 Å². The number of likely N-dealkylation sites (tertiary alicyclic amines) is 1. The molecule has 1 saturated heterocycles. The van der Waals surface area contributed by atoms with Gasteiger partial charge in [-0.15, -0.1) is 12.4 Å². The SMILES string of the molecule is Cc1ccc(C2CCCCN2C(=O)C(C)CN)cc1.Cl. The van der Waals surface area contributed by atoms with Crippen LogP contribution < -0.4 is 5.73 Å². The minimum atomic E-state index is -0.0777. The molecule has 3 nitrogen and oxygen atoms in total. The lowest BCUT2D eigenvalue weighted by Crippen LogP contribution is -2.43. The van der Waals surface area contributed by atoms with Crippen molar-refractivity contribution in [3.63, 3.8) is 0 Å². The summed E-state index contributed by atoms with van der Waals surface area (Å²) in [5.41, 5.74) is 8.15. The molecule has 0 bridgehead atoms. The van der Waals surface area contributed by atoms with Crippen molar-refractivity contribution in [2.24, 2.45) is 11.7 Å². The first-order valence-corrected chi connectivity index (χ1v) is 7.20. The van der Waals surface area contributed by atoms with Gasteiger partial charge in [-0.25, -0.2) is 0 Å². The monoisotopic (exact) mass is 296 g/mol. The van der Waals surface area contributed by atoms with Crippen LogP contribution in [0.25, 0.3) is 0 Å². The Hall–Kier alpha value is -1.06. The molecular formula is C16H25ClN2O. The minimum Gasteiger partial charge on any atom is -0.335 e. The van der Waals surface area contributed by atoms with Gasteiger partial charge >= 0.3 is 0 Å². The first-order chi connectivity index (χ1) is 9.13. The van der Waals surface area contributed by atoms with Gasteiger partial charge in [-0.2, -0.15) is 0 Å². The molecule has 1 amide bonds. The van der Waals surface area contributed by atoms with Gasteiger partial charge in [0, 0.05) is 19.0 Å². The standard InChI is InChI=1S/C16H24N2O.ClH/c1-12-6-8-14(9-7-12)15-5-3-4-10-18(15)16(19)13(2)11-17;/h6-9,13,15H,3-5,10-11,17H2,1-2H3;1H. The average Bonchev–Trinajstić information content (AvgIpc) is 2.46. The number of nitrogens with two attached hydrogens (primary N) is 1. The summed E-state index contributed by atoms with van der Waals surface area (Å²) in [6.45, 7) is 5.30. The summed E-state index contributed by atoms with van der Waals surface area (Å²) in [6.07, 6.45) is 3.36. The Morgan fingerprint density at radius 2 is 2.00 bits per heavy atom. The summed E-state index contributed by atoms with van der Waals surface area (Å²) in [7, 11) is 0. The highest BCUT2D eigenvalue weighted by atomic mass is 35.5. The molecular weight excluding hydrogens is 272 g/mol. The zero-order valence-electron chi connectivity index (χ0n) is 12.3. The third-order valence-corrected chi connectivity index (χ3v) is 4.02. The topological polar surface area (TPSA) is 46.3 Å². The Labute approximate surface area is 127 Å². The largest absolute Gasteiger partial charge is 0.335 e. The molecule has 1 aliphatic rings. The van der Waals surface area contributed by atoms with Crippen molar-refractivity contribution in [3.05, 3.63) is 35.4 Å². The first-order valence-electron chi connectivity index (χ1n) is 7.20. The second-order valence-electron chi connectivity index (χ2n) is 5.59. The molecule has 1 aromatic carbocycles. The van der Waals surface area contributed by atoms with E-state index in [0.29, 0.717) is 6.54 Å². The lowest BCUT2D eigenvalue weighted by atomic mass is 9.93. The molecule has 2 atom stereocenters. The van der Waals surface area contributed by atoms with Crippen LogP contribution in [0.3, 0.4) is 0 Å². The number of aryl methyl sites for hydroxylation is 1.